The normalized spacial score (nSPS) is 14.8. The van der Waals surface area contributed by atoms with Gasteiger partial charge in [-0.25, -0.2) is 4.79 Å². The van der Waals surface area contributed by atoms with Gasteiger partial charge in [-0.15, -0.1) is 0 Å². The molecule has 1 aromatic rings. The molecule has 1 N–H and O–H groups in total. The van der Waals surface area contributed by atoms with Crippen molar-refractivity contribution in [2.75, 3.05) is 39.9 Å². The van der Waals surface area contributed by atoms with Crippen LogP contribution in [0.15, 0.2) is 16.7 Å². The van der Waals surface area contributed by atoms with Crippen LogP contribution in [-0.2, 0) is 9.53 Å². The molecule has 21 heavy (non-hydrogen) atoms. The van der Waals surface area contributed by atoms with E-state index in [9.17, 15) is 14.4 Å². The Morgan fingerprint density at radius 2 is 2.00 bits per heavy atom. The standard InChI is InChI=1S/C13H16N2O6/c1-14(7-11(16)15-2-4-20-5-3-15)12(17)10-6-9(8-21-10)13(18)19/h6,8H,2-5,7H2,1H3,(H,18,19). The smallest absolute Gasteiger partial charge is 0.338 e. The average Bonchev–Trinajstić information content (AvgIpc) is 2.97. The lowest BCUT2D eigenvalue weighted by Gasteiger charge is -2.28. The lowest BCUT2D eigenvalue weighted by Crippen LogP contribution is -2.46. The second kappa shape index (κ2) is 6.40. The van der Waals surface area contributed by atoms with Crippen LogP contribution in [0.3, 0.4) is 0 Å². The molecule has 0 atom stereocenters. The minimum atomic E-state index is -1.18. The molecule has 0 spiro atoms. The maximum absolute atomic E-state index is 12.0. The summed E-state index contributed by atoms with van der Waals surface area (Å²) in [7, 11) is 1.46. The van der Waals surface area contributed by atoms with Crippen LogP contribution in [-0.4, -0.2) is 72.6 Å². The van der Waals surface area contributed by atoms with Crippen molar-refractivity contribution in [2.24, 2.45) is 0 Å². The number of aromatic carboxylic acids is 1. The molecule has 0 unspecified atom stereocenters. The Morgan fingerprint density at radius 1 is 1.33 bits per heavy atom. The van der Waals surface area contributed by atoms with Crippen LogP contribution in [0.5, 0.6) is 0 Å². The number of carboxylic acid groups (broad SMARTS) is 1. The number of hydrogen-bond acceptors (Lipinski definition) is 5. The van der Waals surface area contributed by atoms with Crippen molar-refractivity contribution in [3.8, 4) is 0 Å². The molecule has 1 aliphatic rings. The van der Waals surface area contributed by atoms with Gasteiger partial charge in [0.2, 0.25) is 5.91 Å². The van der Waals surface area contributed by atoms with Gasteiger partial charge in [0.25, 0.3) is 5.91 Å². The van der Waals surface area contributed by atoms with Gasteiger partial charge in [0.1, 0.15) is 6.26 Å². The number of nitrogens with zero attached hydrogens (tertiary/aromatic N) is 2. The number of amides is 2. The molecule has 1 fully saturated rings. The highest BCUT2D eigenvalue weighted by Crippen LogP contribution is 2.10. The highest BCUT2D eigenvalue weighted by Gasteiger charge is 2.23. The van der Waals surface area contributed by atoms with E-state index in [1.807, 2.05) is 0 Å². The second-order valence-electron chi connectivity index (χ2n) is 4.66. The van der Waals surface area contributed by atoms with Crippen molar-refractivity contribution in [3.05, 3.63) is 23.7 Å². The molecule has 2 heterocycles. The van der Waals surface area contributed by atoms with Crippen molar-refractivity contribution in [1.29, 1.82) is 0 Å². The fraction of sp³-hybridized carbons (Fsp3) is 0.462. The molecular formula is C13H16N2O6. The number of carboxylic acids is 1. The van der Waals surface area contributed by atoms with Gasteiger partial charge in [0, 0.05) is 26.2 Å². The Balaban J connectivity index is 1.95. The maximum Gasteiger partial charge on any atom is 0.338 e. The van der Waals surface area contributed by atoms with Crippen LogP contribution in [0.2, 0.25) is 0 Å². The third-order valence-corrected chi connectivity index (χ3v) is 3.14. The summed E-state index contributed by atoms with van der Waals surface area (Å²) < 4.78 is 10.1. The number of hydrogen-bond donors (Lipinski definition) is 1. The predicted octanol–water partition coefficient (Wildman–Crippen LogP) is -0.0914. The molecular weight excluding hydrogens is 280 g/mol. The summed E-state index contributed by atoms with van der Waals surface area (Å²) in [5.41, 5.74) is -0.105. The van der Waals surface area contributed by atoms with Crippen LogP contribution < -0.4 is 0 Å². The van der Waals surface area contributed by atoms with E-state index in [-0.39, 0.29) is 23.8 Å². The van der Waals surface area contributed by atoms with Crippen LogP contribution in [0.4, 0.5) is 0 Å². The summed E-state index contributed by atoms with van der Waals surface area (Å²) in [5.74, 6) is -2.00. The monoisotopic (exact) mass is 296 g/mol. The summed E-state index contributed by atoms with van der Waals surface area (Å²) in [6.07, 6.45) is 0.993. The zero-order chi connectivity index (χ0) is 15.4. The highest BCUT2D eigenvalue weighted by atomic mass is 16.5. The molecule has 0 aromatic carbocycles. The fourth-order valence-electron chi connectivity index (χ4n) is 1.94. The molecule has 0 aliphatic carbocycles. The van der Waals surface area contributed by atoms with Crippen molar-refractivity contribution in [2.45, 2.75) is 0 Å². The lowest BCUT2D eigenvalue weighted by molar-refractivity contribution is -0.135. The summed E-state index contributed by atoms with van der Waals surface area (Å²) in [6, 6.07) is 1.14. The highest BCUT2D eigenvalue weighted by molar-refractivity contribution is 5.97. The molecule has 0 radical (unpaired) electrons. The maximum atomic E-state index is 12.0. The summed E-state index contributed by atoms with van der Waals surface area (Å²) in [6.45, 7) is 1.89. The van der Waals surface area contributed by atoms with Crippen LogP contribution >= 0.6 is 0 Å². The Labute approximate surface area is 120 Å². The Bertz CT molecular complexity index is 547. The van der Waals surface area contributed by atoms with Gasteiger partial charge in [-0.3, -0.25) is 9.59 Å². The van der Waals surface area contributed by atoms with Gasteiger partial charge in [0.15, 0.2) is 5.76 Å². The zero-order valence-corrected chi connectivity index (χ0v) is 11.6. The number of carbonyl (C=O) groups excluding carboxylic acids is 2. The quantitative estimate of drug-likeness (QED) is 0.833. The molecule has 8 nitrogen and oxygen atoms in total. The third-order valence-electron chi connectivity index (χ3n) is 3.14. The molecule has 1 saturated heterocycles. The number of rotatable bonds is 4. The van der Waals surface area contributed by atoms with Crippen molar-refractivity contribution < 1.29 is 28.6 Å². The van der Waals surface area contributed by atoms with Crippen molar-refractivity contribution in [1.82, 2.24) is 9.80 Å². The van der Waals surface area contributed by atoms with Gasteiger partial charge in [-0.05, 0) is 0 Å². The topological polar surface area (TPSA) is 100 Å². The lowest BCUT2D eigenvalue weighted by atomic mass is 10.3. The minimum absolute atomic E-state index is 0.0953. The van der Waals surface area contributed by atoms with Crippen LogP contribution in [0.25, 0.3) is 0 Å². The van der Waals surface area contributed by atoms with E-state index in [4.69, 9.17) is 14.3 Å². The van der Waals surface area contributed by atoms with Crippen molar-refractivity contribution in [3.63, 3.8) is 0 Å². The summed E-state index contributed by atoms with van der Waals surface area (Å²) in [5, 5.41) is 8.78. The summed E-state index contributed by atoms with van der Waals surface area (Å²) >= 11 is 0. The molecule has 0 saturated carbocycles. The predicted molar refractivity (Wildman–Crippen MR) is 70.0 cm³/mol. The van der Waals surface area contributed by atoms with Crippen LogP contribution in [0.1, 0.15) is 20.9 Å². The number of morpholine rings is 1. The van der Waals surface area contributed by atoms with E-state index in [1.165, 1.54) is 11.9 Å². The van der Waals surface area contributed by atoms with Gasteiger partial charge in [0.05, 0.1) is 25.3 Å². The first-order valence-corrected chi connectivity index (χ1v) is 6.42. The van der Waals surface area contributed by atoms with E-state index >= 15 is 0 Å². The van der Waals surface area contributed by atoms with Crippen molar-refractivity contribution >= 4 is 17.8 Å². The molecule has 1 aliphatic heterocycles. The number of ether oxygens (including phenoxy) is 1. The molecule has 2 rings (SSSR count). The van der Waals surface area contributed by atoms with E-state index in [0.717, 1.165) is 12.3 Å². The molecule has 0 bridgehead atoms. The Hall–Kier alpha value is -2.35. The fourth-order valence-corrected chi connectivity index (χ4v) is 1.94. The Morgan fingerprint density at radius 3 is 2.57 bits per heavy atom. The number of furan rings is 1. The third kappa shape index (κ3) is 3.60. The molecule has 8 heteroatoms. The van der Waals surface area contributed by atoms with Crippen LogP contribution in [0, 0.1) is 0 Å². The number of carbonyl (C=O) groups is 3. The first-order chi connectivity index (χ1) is 9.99. The van der Waals surface area contributed by atoms with E-state index in [2.05, 4.69) is 0 Å². The molecule has 2 amide bonds. The van der Waals surface area contributed by atoms with Gasteiger partial charge >= 0.3 is 5.97 Å². The first-order valence-electron chi connectivity index (χ1n) is 6.42. The van der Waals surface area contributed by atoms with Gasteiger partial charge in [-0.2, -0.15) is 0 Å². The second-order valence-corrected chi connectivity index (χ2v) is 4.66. The SMILES string of the molecule is CN(CC(=O)N1CCOCC1)C(=O)c1cc(C(=O)O)co1. The van der Waals surface area contributed by atoms with E-state index in [1.54, 1.807) is 4.90 Å². The first kappa shape index (κ1) is 15.0. The minimum Gasteiger partial charge on any atom is -0.478 e. The zero-order valence-electron chi connectivity index (χ0n) is 11.6. The van der Waals surface area contributed by atoms with E-state index < -0.39 is 11.9 Å². The average molecular weight is 296 g/mol. The van der Waals surface area contributed by atoms with Gasteiger partial charge in [-0.1, -0.05) is 0 Å². The van der Waals surface area contributed by atoms with E-state index in [0.29, 0.717) is 26.3 Å². The molecule has 114 valence electrons. The Kier molecular flexibility index (Phi) is 4.59. The number of likely N-dealkylation sites (N-methyl/N-ethyl adjacent to an activating group) is 1. The van der Waals surface area contributed by atoms with Gasteiger partial charge < -0.3 is 24.1 Å². The summed E-state index contributed by atoms with van der Waals surface area (Å²) in [4.78, 5) is 37.6. The molecule has 1 aromatic heterocycles. The largest absolute Gasteiger partial charge is 0.478 e.